The molecular weight excluding hydrogens is 274 g/mol. The topological polar surface area (TPSA) is 95.5 Å². The van der Waals surface area contributed by atoms with Crippen LogP contribution in [0.3, 0.4) is 0 Å². The molecule has 1 aromatic rings. The van der Waals surface area contributed by atoms with Gasteiger partial charge in [-0.2, -0.15) is 5.10 Å². The van der Waals surface area contributed by atoms with E-state index in [0.717, 1.165) is 17.0 Å². The van der Waals surface area contributed by atoms with E-state index in [1.54, 1.807) is 4.90 Å². The fourth-order valence-corrected chi connectivity index (χ4v) is 2.77. The fourth-order valence-electron chi connectivity index (χ4n) is 2.77. The molecule has 2 unspecified atom stereocenters. The van der Waals surface area contributed by atoms with Crippen LogP contribution in [0.4, 0.5) is 0 Å². The van der Waals surface area contributed by atoms with E-state index in [4.69, 9.17) is 4.74 Å². The molecule has 1 saturated heterocycles. The Bertz CT molecular complexity index is 521. The molecule has 0 aromatic carbocycles. The number of hydrogen-bond acceptors (Lipinski definition) is 4. The summed E-state index contributed by atoms with van der Waals surface area (Å²) in [4.78, 5) is 25.4. The molecule has 0 spiro atoms. The van der Waals surface area contributed by atoms with Gasteiger partial charge in [0.1, 0.15) is 5.92 Å². The molecular formula is C14H21N3O4. The van der Waals surface area contributed by atoms with Crippen molar-refractivity contribution in [2.45, 2.75) is 33.2 Å². The van der Waals surface area contributed by atoms with Crippen molar-refractivity contribution in [1.82, 2.24) is 15.1 Å². The molecule has 1 aliphatic heterocycles. The third-order valence-electron chi connectivity index (χ3n) is 4.04. The summed E-state index contributed by atoms with van der Waals surface area (Å²) in [6.07, 6.45) is 0.227. The minimum atomic E-state index is -0.917. The number of carbonyl (C=O) groups excluding carboxylic acids is 1. The monoisotopic (exact) mass is 295 g/mol. The molecule has 1 aliphatic rings. The van der Waals surface area contributed by atoms with Gasteiger partial charge < -0.3 is 14.7 Å². The standard InChI is InChI=1S/C14H21N3O4/c1-4-17(12-7-21-6-11(12)14(19)20)13(18)5-10-8(2)15-16-9(10)3/h11-12H,4-7H2,1-3H3,(H,15,16)(H,19,20). The highest BCUT2D eigenvalue weighted by atomic mass is 16.5. The molecule has 7 nitrogen and oxygen atoms in total. The molecule has 7 heteroatoms. The average molecular weight is 295 g/mol. The van der Waals surface area contributed by atoms with Gasteiger partial charge in [0.2, 0.25) is 5.91 Å². The molecule has 1 aromatic heterocycles. The van der Waals surface area contributed by atoms with Crippen LogP contribution in [0.25, 0.3) is 0 Å². The lowest BCUT2D eigenvalue weighted by Gasteiger charge is -2.29. The summed E-state index contributed by atoms with van der Waals surface area (Å²) < 4.78 is 5.25. The third kappa shape index (κ3) is 3.07. The lowest BCUT2D eigenvalue weighted by Crippen LogP contribution is -2.47. The third-order valence-corrected chi connectivity index (χ3v) is 4.04. The van der Waals surface area contributed by atoms with Gasteiger partial charge in [0.15, 0.2) is 0 Å². The molecule has 0 saturated carbocycles. The van der Waals surface area contributed by atoms with Crippen molar-refractivity contribution in [2.75, 3.05) is 19.8 Å². The zero-order valence-electron chi connectivity index (χ0n) is 12.5. The SMILES string of the molecule is CCN(C(=O)Cc1c(C)n[nH]c1C)C1COCC1C(=O)O. The molecule has 2 rings (SSSR count). The van der Waals surface area contributed by atoms with E-state index >= 15 is 0 Å². The highest BCUT2D eigenvalue weighted by molar-refractivity contribution is 5.81. The summed E-state index contributed by atoms with van der Waals surface area (Å²) in [6, 6.07) is -0.396. The number of carboxylic acid groups (broad SMARTS) is 1. The van der Waals surface area contributed by atoms with Crippen LogP contribution in [0.1, 0.15) is 23.9 Å². The maximum Gasteiger partial charge on any atom is 0.311 e. The minimum Gasteiger partial charge on any atom is -0.481 e. The molecule has 2 atom stereocenters. The van der Waals surface area contributed by atoms with Crippen LogP contribution in [0.15, 0.2) is 0 Å². The van der Waals surface area contributed by atoms with Gasteiger partial charge >= 0.3 is 5.97 Å². The molecule has 0 radical (unpaired) electrons. The number of rotatable bonds is 5. The van der Waals surface area contributed by atoms with Gasteiger partial charge in [0.05, 0.1) is 31.4 Å². The van der Waals surface area contributed by atoms with Gasteiger partial charge in [0.25, 0.3) is 0 Å². The molecule has 0 aliphatic carbocycles. The van der Waals surface area contributed by atoms with Gasteiger partial charge in [-0.15, -0.1) is 0 Å². The summed E-state index contributed by atoms with van der Waals surface area (Å²) in [7, 11) is 0. The normalized spacial score (nSPS) is 21.5. The first kappa shape index (κ1) is 15.5. The Balaban J connectivity index is 2.14. The largest absolute Gasteiger partial charge is 0.481 e. The molecule has 1 amide bonds. The predicted molar refractivity (Wildman–Crippen MR) is 74.9 cm³/mol. The average Bonchev–Trinajstić information content (AvgIpc) is 3.02. The van der Waals surface area contributed by atoms with E-state index in [2.05, 4.69) is 10.2 Å². The van der Waals surface area contributed by atoms with Crippen molar-refractivity contribution < 1.29 is 19.4 Å². The summed E-state index contributed by atoms with van der Waals surface area (Å²) in [5, 5.41) is 16.2. The van der Waals surface area contributed by atoms with E-state index in [-0.39, 0.29) is 25.5 Å². The zero-order chi connectivity index (χ0) is 15.6. The number of likely N-dealkylation sites (N-methyl/N-ethyl adjacent to an activating group) is 1. The van der Waals surface area contributed by atoms with Crippen molar-refractivity contribution in [3.05, 3.63) is 17.0 Å². The number of aromatic amines is 1. The lowest BCUT2D eigenvalue weighted by atomic mass is 10.0. The summed E-state index contributed by atoms with van der Waals surface area (Å²) in [5.41, 5.74) is 2.55. The van der Waals surface area contributed by atoms with Crippen LogP contribution < -0.4 is 0 Å². The Hall–Kier alpha value is -1.89. The number of aryl methyl sites for hydroxylation is 2. The van der Waals surface area contributed by atoms with E-state index in [1.807, 2.05) is 20.8 Å². The van der Waals surface area contributed by atoms with Crippen molar-refractivity contribution in [3.63, 3.8) is 0 Å². The van der Waals surface area contributed by atoms with E-state index in [9.17, 15) is 14.7 Å². The summed E-state index contributed by atoms with van der Waals surface area (Å²) in [5.74, 6) is -1.66. The second-order valence-electron chi connectivity index (χ2n) is 5.32. The number of H-pyrrole nitrogens is 1. The first-order chi connectivity index (χ1) is 9.95. The number of aromatic nitrogens is 2. The second-order valence-corrected chi connectivity index (χ2v) is 5.32. The van der Waals surface area contributed by atoms with E-state index in [1.165, 1.54) is 0 Å². The molecule has 2 heterocycles. The number of ether oxygens (including phenoxy) is 1. The van der Waals surface area contributed by atoms with Crippen LogP contribution in [0, 0.1) is 19.8 Å². The van der Waals surface area contributed by atoms with Crippen LogP contribution in [-0.4, -0.2) is 57.9 Å². The summed E-state index contributed by atoms with van der Waals surface area (Å²) in [6.45, 7) is 6.48. The Morgan fingerprint density at radius 2 is 2.14 bits per heavy atom. The van der Waals surface area contributed by atoms with Crippen molar-refractivity contribution in [3.8, 4) is 0 Å². The lowest BCUT2D eigenvalue weighted by molar-refractivity contribution is -0.144. The zero-order valence-corrected chi connectivity index (χ0v) is 12.5. The number of carboxylic acids is 1. The van der Waals surface area contributed by atoms with Gasteiger partial charge in [-0.3, -0.25) is 14.7 Å². The first-order valence-corrected chi connectivity index (χ1v) is 7.06. The van der Waals surface area contributed by atoms with Gasteiger partial charge in [-0.1, -0.05) is 0 Å². The second kappa shape index (κ2) is 6.26. The minimum absolute atomic E-state index is 0.0909. The Morgan fingerprint density at radius 1 is 1.43 bits per heavy atom. The maximum absolute atomic E-state index is 12.5. The number of carbonyl (C=O) groups is 2. The highest BCUT2D eigenvalue weighted by Gasteiger charge is 2.39. The molecule has 1 fully saturated rings. The Morgan fingerprint density at radius 3 is 2.67 bits per heavy atom. The number of amides is 1. The fraction of sp³-hybridized carbons (Fsp3) is 0.643. The molecule has 21 heavy (non-hydrogen) atoms. The predicted octanol–water partition coefficient (Wildman–Crippen LogP) is 0.517. The number of nitrogens with zero attached hydrogens (tertiary/aromatic N) is 2. The van der Waals surface area contributed by atoms with Crippen molar-refractivity contribution in [2.24, 2.45) is 5.92 Å². The van der Waals surface area contributed by atoms with Gasteiger partial charge in [0, 0.05) is 17.8 Å². The molecule has 2 N–H and O–H groups in total. The number of aliphatic carboxylic acids is 1. The van der Waals surface area contributed by atoms with Gasteiger partial charge in [-0.05, 0) is 20.8 Å². The van der Waals surface area contributed by atoms with Crippen molar-refractivity contribution in [1.29, 1.82) is 0 Å². The van der Waals surface area contributed by atoms with Crippen molar-refractivity contribution >= 4 is 11.9 Å². The maximum atomic E-state index is 12.5. The Kier molecular flexibility index (Phi) is 4.62. The van der Waals surface area contributed by atoms with Crippen LogP contribution in [0.5, 0.6) is 0 Å². The van der Waals surface area contributed by atoms with Gasteiger partial charge in [-0.25, -0.2) is 0 Å². The van der Waals surface area contributed by atoms with Crippen LogP contribution >= 0.6 is 0 Å². The van der Waals surface area contributed by atoms with Crippen LogP contribution in [0.2, 0.25) is 0 Å². The number of hydrogen-bond donors (Lipinski definition) is 2. The van der Waals surface area contributed by atoms with E-state index in [0.29, 0.717) is 6.54 Å². The first-order valence-electron chi connectivity index (χ1n) is 7.06. The Labute approximate surface area is 123 Å². The number of nitrogens with one attached hydrogen (secondary N) is 1. The summed E-state index contributed by atoms with van der Waals surface area (Å²) >= 11 is 0. The quantitative estimate of drug-likeness (QED) is 0.825. The smallest absolute Gasteiger partial charge is 0.311 e. The highest BCUT2D eigenvalue weighted by Crippen LogP contribution is 2.21. The van der Waals surface area contributed by atoms with E-state index < -0.39 is 17.9 Å². The molecule has 0 bridgehead atoms. The molecule has 116 valence electrons. The van der Waals surface area contributed by atoms with Crippen LogP contribution in [-0.2, 0) is 20.7 Å².